The molecule has 0 saturated heterocycles. The molecule has 0 saturated carbocycles. The van der Waals surface area contributed by atoms with Crippen molar-refractivity contribution >= 4 is 0 Å². The van der Waals surface area contributed by atoms with Gasteiger partial charge in [0.25, 0.3) is 0 Å². The quantitative estimate of drug-likeness (QED) is 0.614. The highest BCUT2D eigenvalue weighted by molar-refractivity contribution is 5.29. The van der Waals surface area contributed by atoms with E-state index in [2.05, 4.69) is 65.8 Å². The summed E-state index contributed by atoms with van der Waals surface area (Å²) in [5.74, 6) is -0.552. The summed E-state index contributed by atoms with van der Waals surface area (Å²) in [6.45, 7) is 15.0. The molecule has 1 aromatic rings. The van der Waals surface area contributed by atoms with Crippen molar-refractivity contribution in [3.63, 3.8) is 0 Å². The Morgan fingerprint density at radius 1 is 0.938 bits per heavy atom. The van der Waals surface area contributed by atoms with E-state index in [1.54, 1.807) is 0 Å². The van der Waals surface area contributed by atoms with Crippen LogP contribution in [0, 0.1) is 5.41 Å². The van der Waals surface area contributed by atoms with Crippen LogP contribution in [0.25, 0.3) is 0 Å². The van der Waals surface area contributed by atoms with Crippen LogP contribution in [0.4, 0.5) is 0 Å². The number of rotatable bonds is 1. The highest BCUT2D eigenvalue weighted by Gasteiger charge is 2.22. The van der Waals surface area contributed by atoms with Gasteiger partial charge in [-0.15, -0.1) is 0 Å². The van der Waals surface area contributed by atoms with Crippen molar-refractivity contribution in [2.24, 2.45) is 5.41 Å². The molecule has 0 heteroatoms. The minimum absolute atomic E-state index is 0.0593. The van der Waals surface area contributed by atoms with Crippen LogP contribution in [-0.2, 0) is 5.41 Å². The molecule has 0 bridgehead atoms. The van der Waals surface area contributed by atoms with Gasteiger partial charge < -0.3 is 0 Å². The van der Waals surface area contributed by atoms with Gasteiger partial charge in [0, 0.05) is 1.37 Å². The zero-order valence-electron chi connectivity index (χ0n) is 12.8. The van der Waals surface area contributed by atoms with E-state index >= 15 is 0 Å². The molecule has 90 valence electrons. The molecule has 1 atom stereocenters. The molecule has 1 unspecified atom stereocenters. The van der Waals surface area contributed by atoms with E-state index in [1.165, 1.54) is 5.56 Å². The van der Waals surface area contributed by atoms with Gasteiger partial charge in [-0.05, 0) is 27.9 Å². The van der Waals surface area contributed by atoms with Crippen LogP contribution in [0.1, 0.15) is 66.9 Å². The lowest BCUT2D eigenvalue weighted by molar-refractivity contribution is 0.339. The Kier molecular flexibility index (Phi) is 3.10. The Labute approximate surface area is 102 Å². The highest BCUT2D eigenvalue weighted by Crippen LogP contribution is 2.35. The van der Waals surface area contributed by atoms with Crippen molar-refractivity contribution < 1.29 is 1.37 Å². The summed E-state index contributed by atoms with van der Waals surface area (Å²) in [6.07, 6.45) is 0. The SMILES string of the molecule is [2H]C(C)(c1ccc(C(C)(C)C)cc1)C(C)(C)C. The second kappa shape index (κ2) is 4.24. The Morgan fingerprint density at radius 2 is 1.38 bits per heavy atom. The van der Waals surface area contributed by atoms with Crippen LogP contribution in [0.5, 0.6) is 0 Å². The first-order valence-corrected chi connectivity index (χ1v) is 6.07. The summed E-state index contributed by atoms with van der Waals surface area (Å²) in [5.41, 5.74) is 2.54. The largest absolute Gasteiger partial charge is 0.0596 e. The number of hydrogen-bond donors (Lipinski definition) is 0. The molecule has 0 aliphatic carbocycles. The molecule has 0 aliphatic rings. The Bertz CT molecular complexity index is 371. The smallest absolute Gasteiger partial charge is 0.0355 e. The molecule has 0 amide bonds. The molecule has 0 heterocycles. The van der Waals surface area contributed by atoms with E-state index in [0.717, 1.165) is 5.56 Å². The third kappa shape index (κ3) is 3.10. The lowest BCUT2D eigenvalue weighted by atomic mass is 9.77. The van der Waals surface area contributed by atoms with Gasteiger partial charge in [0.05, 0.1) is 0 Å². The van der Waals surface area contributed by atoms with E-state index in [-0.39, 0.29) is 10.8 Å². The lowest BCUT2D eigenvalue weighted by Crippen LogP contribution is -2.16. The highest BCUT2D eigenvalue weighted by atomic mass is 14.3. The second-order valence-electron chi connectivity index (χ2n) is 6.70. The summed E-state index contributed by atoms with van der Waals surface area (Å²) in [6, 6.07) is 8.54. The van der Waals surface area contributed by atoms with Crippen molar-refractivity contribution in [3.8, 4) is 0 Å². The predicted octanol–water partition coefficient (Wildman–Crippen LogP) is 5.13. The van der Waals surface area contributed by atoms with Gasteiger partial charge in [0.15, 0.2) is 0 Å². The van der Waals surface area contributed by atoms with Gasteiger partial charge in [0.2, 0.25) is 0 Å². The van der Waals surface area contributed by atoms with Crippen LogP contribution >= 0.6 is 0 Å². The van der Waals surface area contributed by atoms with Crippen molar-refractivity contribution in [3.05, 3.63) is 35.4 Å². The first-order valence-electron chi connectivity index (χ1n) is 6.57. The lowest BCUT2D eigenvalue weighted by Gasteiger charge is -2.28. The average Bonchev–Trinajstić information content (AvgIpc) is 2.15. The van der Waals surface area contributed by atoms with Crippen molar-refractivity contribution in [2.75, 3.05) is 0 Å². The molecular formula is C16H26. The minimum atomic E-state index is -0.552. The fourth-order valence-corrected chi connectivity index (χ4v) is 1.65. The minimum Gasteiger partial charge on any atom is -0.0596 e. The summed E-state index contributed by atoms with van der Waals surface area (Å²) < 4.78 is 8.55. The van der Waals surface area contributed by atoms with Crippen LogP contribution in [0.15, 0.2) is 24.3 Å². The molecule has 0 nitrogen and oxygen atoms in total. The number of hydrogen-bond acceptors (Lipinski definition) is 0. The van der Waals surface area contributed by atoms with Gasteiger partial charge >= 0.3 is 0 Å². The zero-order valence-corrected chi connectivity index (χ0v) is 11.8. The summed E-state index contributed by atoms with van der Waals surface area (Å²) in [5, 5.41) is 0. The monoisotopic (exact) mass is 219 g/mol. The molecule has 0 aliphatic heterocycles. The van der Waals surface area contributed by atoms with Crippen LogP contribution < -0.4 is 0 Å². The maximum absolute atomic E-state index is 8.55. The topological polar surface area (TPSA) is 0 Å². The Hall–Kier alpha value is -0.780. The van der Waals surface area contributed by atoms with Crippen molar-refractivity contribution in [1.29, 1.82) is 0 Å². The summed E-state index contributed by atoms with van der Waals surface area (Å²) in [4.78, 5) is 0. The van der Waals surface area contributed by atoms with Crippen molar-refractivity contribution in [1.82, 2.24) is 0 Å². The molecule has 1 aromatic carbocycles. The second-order valence-corrected chi connectivity index (χ2v) is 6.70. The summed E-state index contributed by atoms with van der Waals surface area (Å²) in [7, 11) is 0. The normalized spacial score (nSPS) is 17.8. The molecule has 0 N–H and O–H groups in total. The average molecular weight is 219 g/mol. The van der Waals surface area contributed by atoms with Gasteiger partial charge in [0.1, 0.15) is 0 Å². The van der Waals surface area contributed by atoms with Crippen LogP contribution in [0.3, 0.4) is 0 Å². The predicted molar refractivity (Wildman–Crippen MR) is 73.0 cm³/mol. The van der Waals surface area contributed by atoms with E-state index in [9.17, 15) is 0 Å². The molecule has 0 radical (unpaired) electrons. The van der Waals surface area contributed by atoms with E-state index < -0.39 is 5.89 Å². The fraction of sp³-hybridized carbons (Fsp3) is 0.625. The Morgan fingerprint density at radius 3 is 1.69 bits per heavy atom. The molecule has 0 aromatic heterocycles. The van der Waals surface area contributed by atoms with Gasteiger partial charge in [-0.2, -0.15) is 0 Å². The third-order valence-corrected chi connectivity index (χ3v) is 3.31. The maximum atomic E-state index is 8.55. The third-order valence-electron chi connectivity index (χ3n) is 3.31. The molecule has 0 spiro atoms. The maximum Gasteiger partial charge on any atom is 0.0355 e. The van der Waals surface area contributed by atoms with Gasteiger partial charge in [-0.3, -0.25) is 0 Å². The first kappa shape index (κ1) is 11.7. The molecule has 16 heavy (non-hydrogen) atoms. The van der Waals surface area contributed by atoms with Gasteiger partial charge in [-0.1, -0.05) is 72.7 Å². The first-order chi connectivity index (χ1) is 7.46. The number of benzene rings is 1. The van der Waals surface area contributed by atoms with E-state index in [0.29, 0.717) is 0 Å². The summed E-state index contributed by atoms with van der Waals surface area (Å²) >= 11 is 0. The van der Waals surface area contributed by atoms with Crippen LogP contribution in [-0.4, -0.2) is 0 Å². The van der Waals surface area contributed by atoms with E-state index in [4.69, 9.17) is 1.37 Å². The van der Waals surface area contributed by atoms with E-state index in [1.807, 2.05) is 6.92 Å². The fourth-order valence-electron chi connectivity index (χ4n) is 1.65. The van der Waals surface area contributed by atoms with Crippen LogP contribution in [0.2, 0.25) is 0 Å². The molecule has 0 fully saturated rings. The molecule has 1 rings (SSSR count). The molecular weight excluding hydrogens is 192 g/mol. The van der Waals surface area contributed by atoms with Gasteiger partial charge in [-0.25, -0.2) is 0 Å². The Balaban J connectivity index is 3.12. The van der Waals surface area contributed by atoms with Crippen molar-refractivity contribution in [2.45, 2.75) is 59.8 Å². The standard InChI is InChI=1S/C16H26/c1-12(15(2,3)4)13-8-10-14(11-9-13)16(5,6)7/h8-12H,1-7H3/i12D. The zero-order chi connectivity index (χ0) is 13.5.